The number of nitrogens with zero attached hydrogens (tertiary/aromatic N) is 1. The number of nitrogens with one attached hydrogen (secondary N) is 1. The molecule has 0 saturated heterocycles. The second kappa shape index (κ2) is 9.21. The third kappa shape index (κ3) is 5.12. The molecule has 3 rings (SSSR count). The Morgan fingerprint density at radius 1 is 1.07 bits per heavy atom. The molecule has 0 saturated carbocycles. The summed E-state index contributed by atoms with van der Waals surface area (Å²) in [4.78, 5) is 16.9. The van der Waals surface area contributed by atoms with Gasteiger partial charge in [0.1, 0.15) is 17.3 Å². The predicted octanol–water partition coefficient (Wildman–Crippen LogP) is 4.73. The van der Waals surface area contributed by atoms with Crippen LogP contribution in [0.3, 0.4) is 0 Å². The van der Waals surface area contributed by atoms with Gasteiger partial charge in [-0.05, 0) is 66.9 Å². The number of carbonyl (C=O) groups excluding carboxylic acids is 1. The Balaban J connectivity index is 1.67. The maximum absolute atomic E-state index is 12.6. The van der Waals surface area contributed by atoms with Crippen LogP contribution in [-0.2, 0) is 17.8 Å². The van der Waals surface area contributed by atoms with Crippen LogP contribution in [0.2, 0.25) is 0 Å². The smallest absolute Gasteiger partial charge is 0.259 e. The lowest BCUT2D eigenvalue weighted by atomic mass is 10.1. The number of nitrogen functional groups attached to an aromatic ring is 1. The minimum atomic E-state index is -0.314. The molecule has 2 aromatic carbocycles. The molecule has 29 heavy (non-hydrogen) atoms. The quantitative estimate of drug-likeness (QED) is 0.608. The van der Waals surface area contributed by atoms with Crippen molar-refractivity contribution in [2.45, 2.75) is 26.9 Å². The number of ether oxygens (including phenoxy) is 2. The highest BCUT2D eigenvalue weighted by Gasteiger charge is 2.14. The second-order valence-electron chi connectivity index (χ2n) is 6.70. The zero-order valence-corrected chi connectivity index (χ0v) is 16.9. The van der Waals surface area contributed by atoms with E-state index in [1.54, 1.807) is 37.4 Å². The number of hydrogen-bond acceptors (Lipinski definition) is 5. The van der Waals surface area contributed by atoms with Gasteiger partial charge in [-0.3, -0.25) is 4.79 Å². The molecule has 0 aliphatic rings. The molecule has 0 fully saturated rings. The van der Waals surface area contributed by atoms with Gasteiger partial charge in [0, 0.05) is 12.8 Å². The van der Waals surface area contributed by atoms with Gasteiger partial charge in [0.15, 0.2) is 0 Å². The van der Waals surface area contributed by atoms with E-state index >= 15 is 0 Å². The van der Waals surface area contributed by atoms with E-state index in [4.69, 9.17) is 15.2 Å². The third-order valence-electron chi connectivity index (χ3n) is 4.55. The van der Waals surface area contributed by atoms with Gasteiger partial charge in [0.25, 0.3) is 5.91 Å². The van der Waals surface area contributed by atoms with Crippen molar-refractivity contribution in [3.05, 3.63) is 77.0 Å². The first-order valence-electron chi connectivity index (χ1n) is 9.43. The monoisotopic (exact) mass is 391 g/mol. The lowest BCUT2D eigenvalue weighted by Crippen LogP contribution is -2.16. The van der Waals surface area contributed by atoms with E-state index in [-0.39, 0.29) is 11.7 Å². The Morgan fingerprint density at radius 3 is 2.28 bits per heavy atom. The molecule has 3 aromatic rings. The Morgan fingerprint density at radius 2 is 1.69 bits per heavy atom. The number of nitrogens with two attached hydrogens (primary N) is 1. The van der Waals surface area contributed by atoms with E-state index in [1.165, 1.54) is 5.56 Å². The summed E-state index contributed by atoms with van der Waals surface area (Å²) in [6, 6.07) is 16.9. The molecule has 0 bridgehead atoms. The van der Waals surface area contributed by atoms with E-state index in [1.807, 2.05) is 31.2 Å². The summed E-state index contributed by atoms with van der Waals surface area (Å²) in [5.74, 6) is 1.32. The molecular formula is C23H25N3O3. The number of aromatic nitrogens is 1. The van der Waals surface area contributed by atoms with Crippen molar-refractivity contribution in [2.75, 3.05) is 18.2 Å². The van der Waals surface area contributed by atoms with Gasteiger partial charge in [0.05, 0.1) is 17.9 Å². The minimum Gasteiger partial charge on any atom is -0.457 e. The molecule has 6 heteroatoms. The van der Waals surface area contributed by atoms with Crippen LogP contribution < -0.4 is 15.8 Å². The summed E-state index contributed by atoms with van der Waals surface area (Å²) in [6.07, 6.45) is 0.989. The highest BCUT2D eigenvalue weighted by atomic mass is 16.5. The average molecular weight is 391 g/mol. The van der Waals surface area contributed by atoms with Gasteiger partial charge in [-0.2, -0.15) is 0 Å². The number of hydrogen-bond donors (Lipinski definition) is 2. The molecule has 1 heterocycles. The summed E-state index contributed by atoms with van der Waals surface area (Å²) in [7, 11) is 1.59. The van der Waals surface area contributed by atoms with E-state index < -0.39 is 0 Å². The van der Waals surface area contributed by atoms with Crippen LogP contribution in [0.1, 0.15) is 34.1 Å². The standard InChI is InChI=1S/C23H25N3O3/c1-4-16-5-9-18(10-6-16)29-19-11-7-17(8-12-19)25-23(27)20-13-15(2)21(14-28-3)26-22(20)24/h5-13H,4,14H2,1-3H3,(H2,24,26)(H,25,27). The van der Waals surface area contributed by atoms with Crippen molar-refractivity contribution in [1.29, 1.82) is 0 Å². The Hall–Kier alpha value is -3.38. The number of aryl methyl sites for hydroxylation is 2. The highest BCUT2D eigenvalue weighted by Crippen LogP contribution is 2.24. The van der Waals surface area contributed by atoms with Crippen molar-refractivity contribution in [2.24, 2.45) is 0 Å². The van der Waals surface area contributed by atoms with Crippen LogP contribution in [0.25, 0.3) is 0 Å². The molecule has 0 unspecified atom stereocenters. The van der Waals surface area contributed by atoms with Gasteiger partial charge in [-0.1, -0.05) is 19.1 Å². The van der Waals surface area contributed by atoms with Crippen LogP contribution >= 0.6 is 0 Å². The first-order chi connectivity index (χ1) is 14.0. The average Bonchev–Trinajstić information content (AvgIpc) is 2.72. The Kier molecular flexibility index (Phi) is 6.46. The molecular weight excluding hydrogens is 366 g/mol. The van der Waals surface area contributed by atoms with Crippen LogP contribution in [0.5, 0.6) is 11.5 Å². The molecule has 3 N–H and O–H groups in total. The number of rotatable bonds is 7. The molecule has 0 aliphatic heterocycles. The largest absolute Gasteiger partial charge is 0.457 e. The molecule has 6 nitrogen and oxygen atoms in total. The van der Waals surface area contributed by atoms with Crippen molar-refractivity contribution < 1.29 is 14.3 Å². The van der Waals surface area contributed by atoms with Gasteiger partial charge in [-0.15, -0.1) is 0 Å². The summed E-state index contributed by atoms with van der Waals surface area (Å²) < 4.78 is 10.9. The third-order valence-corrected chi connectivity index (χ3v) is 4.55. The Bertz CT molecular complexity index is 983. The molecule has 0 atom stereocenters. The number of anilines is 2. The van der Waals surface area contributed by atoms with Crippen molar-refractivity contribution in [1.82, 2.24) is 4.98 Å². The molecule has 0 spiro atoms. The Labute approximate surface area is 170 Å². The fourth-order valence-corrected chi connectivity index (χ4v) is 2.87. The molecule has 150 valence electrons. The van der Waals surface area contributed by atoms with E-state index in [0.717, 1.165) is 23.4 Å². The fraction of sp³-hybridized carbons (Fsp3) is 0.217. The lowest BCUT2D eigenvalue weighted by Gasteiger charge is -2.11. The van der Waals surface area contributed by atoms with E-state index in [9.17, 15) is 4.79 Å². The number of amides is 1. The molecule has 0 radical (unpaired) electrons. The summed E-state index contributed by atoms with van der Waals surface area (Å²) in [6.45, 7) is 4.33. The normalized spacial score (nSPS) is 10.6. The van der Waals surface area contributed by atoms with Gasteiger partial charge in [0.2, 0.25) is 0 Å². The fourth-order valence-electron chi connectivity index (χ4n) is 2.87. The summed E-state index contributed by atoms with van der Waals surface area (Å²) >= 11 is 0. The lowest BCUT2D eigenvalue weighted by molar-refractivity contribution is 0.102. The maximum atomic E-state index is 12.6. The number of benzene rings is 2. The van der Waals surface area contributed by atoms with Crippen molar-refractivity contribution >= 4 is 17.4 Å². The number of carbonyl (C=O) groups is 1. The van der Waals surface area contributed by atoms with Crippen molar-refractivity contribution in [3.8, 4) is 11.5 Å². The minimum absolute atomic E-state index is 0.177. The SMILES string of the molecule is CCc1ccc(Oc2ccc(NC(=O)c3cc(C)c(COC)nc3N)cc2)cc1. The van der Waals surface area contributed by atoms with E-state index in [2.05, 4.69) is 17.2 Å². The van der Waals surface area contributed by atoms with Crippen LogP contribution in [0.15, 0.2) is 54.6 Å². The molecule has 1 amide bonds. The maximum Gasteiger partial charge on any atom is 0.259 e. The highest BCUT2D eigenvalue weighted by molar-refractivity contribution is 6.07. The molecule has 1 aromatic heterocycles. The summed E-state index contributed by atoms with van der Waals surface area (Å²) in [5.41, 5.74) is 9.76. The predicted molar refractivity (Wildman–Crippen MR) is 114 cm³/mol. The van der Waals surface area contributed by atoms with Gasteiger partial charge < -0.3 is 20.5 Å². The zero-order valence-electron chi connectivity index (χ0n) is 16.9. The van der Waals surface area contributed by atoms with Crippen LogP contribution in [-0.4, -0.2) is 18.0 Å². The first kappa shape index (κ1) is 20.4. The number of pyridine rings is 1. The summed E-state index contributed by atoms with van der Waals surface area (Å²) in [5, 5.41) is 2.84. The topological polar surface area (TPSA) is 86.5 Å². The first-order valence-corrected chi connectivity index (χ1v) is 9.43. The number of methoxy groups -OCH3 is 1. The van der Waals surface area contributed by atoms with Gasteiger partial charge in [-0.25, -0.2) is 4.98 Å². The molecule has 0 aliphatic carbocycles. The van der Waals surface area contributed by atoms with Gasteiger partial charge >= 0.3 is 0 Å². The second-order valence-corrected chi connectivity index (χ2v) is 6.70. The van der Waals surface area contributed by atoms with E-state index in [0.29, 0.717) is 23.6 Å². The van der Waals surface area contributed by atoms with Crippen molar-refractivity contribution in [3.63, 3.8) is 0 Å². The zero-order chi connectivity index (χ0) is 20.8. The van der Waals surface area contributed by atoms with Crippen LogP contribution in [0.4, 0.5) is 11.5 Å². The van der Waals surface area contributed by atoms with Crippen LogP contribution in [0, 0.1) is 6.92 Å².